The highest BCUT2D eigenvalue weighted by molar-refractivity contribution is 4.64. The van der Waals surface area contributed by atoms with E-state index in [9.17, 15) is 13.2 Å². The predicted molar refractivity (Wildman–Crippen MR) is 62.0 cm³/mol. The van der Waals surface area contributed by atoms with E-state index in [1.165, 1.54) is 0 Å². The normalized spacial score (nSPS) is 14.3. The Morgan fingerprint density at radius 1 is 1.12 bits per heavy atom. The summed E-state index contributed by atoms with van der Waals surface area (Å²) >= 11 is 0. The van der Waals surface area contributed by atoms with Crippen LogP contribution in [0.25, 0.3) is 0 Å². The predicted octanol–water partition coefficient (Wildman–Crippen LogP) is 1.79. The van der Waals surface area contributed by atoms with Gasteiger partial charge in [-0.3, -0.25) is 0 Å². The fourth-order valence-corrected chi connectivity index (χ4v) is 1.23. The van der Waals surface area contributed by atoms with Crippen molar-refractivity contribution in [1.29, 1.82) is 0 Å². The van der Waals surface area contributed by atoms with E-state index in [1.807, 2.05) is 6.92 Å². The summed E-state index contributed by atoms with van der Waals surface area (Å²) in [4.78, 5) is 0. The number of rotatable bonds is 9. The van der Waals surface area contributed by atoms with Crippen LogP contribution < -0.4 is 10.6 Å². The van der Waals surface area contributed by atoms with E-state index in [-0.39, 0.29) is 12.6 Å². The van der Waals surface area contributed by atoms with Crippen LogP contribution in [-0.2, 0) is 4.74 Å². The molecule has 0 aliphatic rings. The lowest BCUT2D eigenvalue weighted by Gasteiger charge is -2.16. The molecule has 104 valence electrons. The molecule has 0 saturated carbocycles. The Bertz CT molecular complexity index is 186. The second kappa shape index (κ2) is 8.72. The van der Waals surface area contributed by atoms with Crippen LogP contribution in [0.4, 0.5) is 13.2 Å². The third-order valence-corrected chi connectivity index (χ3v) is 2.01. The molecule has 0 radical (unpaired) electrons. The monoisotopic (exact) mass is 256 g/mol. The van der Waals surface area contributed by atoms with Gasteiger partial charge in [0.05, 0.1) is 6.61 Å². The van der Waals surface area contributed by atoms with Crippen LogP contribution in [0, 0.1) is 5.92 Å². The Hall–Kier alpha value is -0.330. The van der Waals surface area contributed by atoms with Crippen molar-refractivity contribution in [1.82, 2.24) is 10.6 Å². The fraction of sp³-hybridized carbons (Fsp3) is 1.00. The molecule has 1 unspecified atom stereocenters. The lowest BCUT2D eigenvalue weighted by molar-refractivity contribution is -0.173. The molecule has 3 nitrogen and oxygen atoms in total. The maximum atomic E-state index is 11.7. The molecular formula is C11H23F3N2O. The second-order valence-corrected chi connectivity index (χ2v) is 4.58. The number of hydrogen-bond donors (Lipinski definition) is 2. The Balaban J connectivity index is 3.30. The van der Waals surface area contributed by atoms with Crippen LogP contribution in [0.15, 0.2) is 0 Å². The largest absolute Gasteiger partial charge is 0.411 e. The van der Waals surface area contributed by atoms with Gasteiger partial charge in [-0.2, -0.15) is 13.2 Å². The topological polar surface area (TPSA) is 33.3 Å². The fourth-order valence-electron chi connectivity index (χ4n) is 1.23. The molecule has 0 fully saturated rings. The minimum Gasteiger partial charge on any atom is -0.371 e. The SMILES string of the molecule is CC(C)CNCC(C)NCCOCC(F)(F)F. The van der Waals surface area contributed by atoms with Crippen molar-refractivity contribution in [3.8, 4) is 0 Å². The first-order valence-corrected chi connectivity index (χ1v) is 5.90. The second-order valence-electron chi connectivity index (χ2n) is 4.58. The zero-order valence-electron chi connectivity index (χ0n) is 10.7. The number of hydrogen-bond acceptors (Lipinski definition) is 3. The minimum absolute atomic E-state index is 0.0774. The summed E-state index contributed by atoms with van der Waals surface area (Å²) in [5.41, 5.74) is 0. The van der Waals surface area contributed by atoms with Gasteiger partial charge in [0.1, 0.15) is 6.61 Å². The summed E-state index contributed by atoms with van der Waals surface area (Å²) in [5, 5.41) is 6.35. The highest BCUT2D eigenvalue weighted by atomic mass is 19.4. The first kappa shape index (κ1) is 16.7. The van der Waals surface area contributed by atoms with Crippen molar-refractivity contribution in [3.63, 3.8) is 0 Å². The molecule has 0 saturated heterocycles. The molecule has 1 atom stereocenters. The third kappa shape index (κ3) is 13.6. The molecule has 2 N–H and O–H groups in total. The van der Waals surface area contributed by atoms with E-state index in [2.05, 4.69) is 29.2 Å². The van der Waals surface area contributed by atoms with Crippen LogP contribution in [0.3, 0.4) is 0 Å². The molecule has 0 rings (SSSR count). The Labute approximate surface area is 101 Å². The first-order valence-electron chi connectivity index (χ1n) is 5.90. The maximum Gasteiger partial charge on any atom is 0.411 e. The van der Waals surface area contributed by atoms with Gasteiger partial charge in [-0.25, -0.2) is 0 Å². The van der Waals surface area contributed by atoms with Crippen LogP contribution in [-0.4, -0.2) is 45.1 Å². The van der Waals surface area contributed by atoms with E-state index >= 15 is 0 Å². The van der Waals surface area contributed by atoms with Gasteiger partial charge in [-0.15, -0.1) is 0 Å². The Kier molecular flexibility index (Phi) is 8.55. The van der Waals surface area contributed by atoms with Crippen molar-refractivity contribution in [2.45, 2.75) is 33.0 Å². The average Bonchev–Trinajstić information content (AvgIpc) is 2.14. The van der Waals surface area contributed by atoms with Gasteiger partial charge in [0, 0.05) is 19.1 Å². The highest BCUT2D eigenvalue weighted by Gasteiger charge is 2.27. The van der Waals surface area contributed by atoms with E-state index in [1.54, 1.807) is 0 Å². The molecule has 0 aliphatic heterocycles. The van der Waals surface area contributed by atoms with Crippen LogP contribution >= 0.6 is 0 Å². The highest BCUT2D eigenvalue weighted by Crippen LogP contribution is 2.13. The van der Waals surface area contributed by atoms with Crippen molar-refractivity contribution >= 4 is 0 Å². The first-order chi connectivity index (χ1) is 7.81. The lowest BCUT2D eigenvalue weighted by atomic mass is 10.2. The summed E-state index contributed by atoms with van der Waals surface area (Å²) in [5.74, 6) is 0.595. The van der Waals surface area contributed by atoms with Gasteiger partial charge < -0.3 is 15.4 Å². The zero-order chi connectivity index (χ0) is 13.3. The van der Waals surface area contributed by atoms with E-state index < -0.39 is 12.8 Å². The van der Waals surface area contributed by atoms with Crippen LogP contribution in [0.2, 0.25) is 0 Å². The van der Waals surface area contributed by atoms with E-state index in [0.29, 0.717) is 12.5 Å². The Morgan fingerprint density at radius 3 is 2.29 bits per heavy atom. The summed E-state index contributed by atoms with van der Waals surface area (Å²) in [7, 11) is 0. The Morgan fingerprint density at radius 2 is 1.76 bits per heavy atom. The molecule has 0 aromatic heterocycles. The molecule has 0 aromatic carbocycles. The van der Waals surface area contributed by atoms with Gasteiger partial charge in [-0.05, 0) is 19.4 Å². The molecule has 0 bridgehead atoms. The maximum absolute atomic E-state index is 11.7. The molecule has 0 spiro atoms. The van der Waals surface area contributed by atoms with Crippen molar-refractivity contribution < 1.29 is 17.9 Å². The van der Waals surface area contributed by atoms with E-state index in [4.69, 9.17) is 0 Å². The summed E-state index contributed by atoms with van der Waals surface area (Å²) in [6.45, 7) is 7.31. The molecule has 17 heavy (non-hydrogen) atoms. The molecule has 0 amide bonds. The lowest BCUT2D eigenvalue weighted by Crippen LogP contribution is -2.39. The van der Waals surface area contributed by atoms with Crippen molar-refractivity contribution in [2.24, 2.45) is 5.92 Å². The minimum atomic E-state index is -4.23. The molecule has 0 heterocycles. The quantitative estimate of drug-likeness (QED) is 0.617. The smallest absolute Gasteiger partial charge is 0.371 e. The van der Waals surface area contributed by atoms with Crippen molar-refractivity contribution in [2.75, 3.05) is 32.8 Å². The van der Waals surface area contributed by atoms with Crippen LogP contribution in [0.5, 0.6) is 0 Å². The summed E-state index contributed by atoms with van der Waals surface area (Å²) in [6.07, 6.45) is -4.23. The summed E-state index contributed by atoms with van der Waals surface area (Å²) < 4.78 is 39.7. The molecule has 6 heteroatoms. The van der Waals surface area contributed by atoms with Crippen molar-refractivity contribution in [3.05, 3.63) is 0 Å². The third-order valence-electron chi connectivity index (χ3n) is 2.01. The van der Waals surface area contributed by atoms with Gasteiger partial charge in [-0.1, -0.05) is 13.8 Å². The number of halogens is 3. The van der Waals surface area contributed by atoms with Gasteiger partial charge in [0.2, 0.25) is 0 Å². The standard InChI is InChI=1S/C11H23F3N2O/c1-9(2)6-15-7-10(3)16-4-5-17-8-11(12,13)14/h9-10,15-16H,4-8H2,1-3H3. The molecule has 0 aliphatic carbocycles. The summed E-state index contributed by atoms with van der Waals surface area (Å²) in [6, 6.07) is 0.225. The van der Waals surface area contributed by atoms with Gasteiger partial charge >= 0.3 is 6.18 Å². The zero-order valence-corrected chi connectivity index (χ0v) is 10.7. The van der Waals surface area contributed by atoms with Gasteiger partial charge in [0.15, 0.2) is 0 Å². The van der Waals surface area contributed by atoms with Gasteiger partial charge in [0.25, 0.3) is 0 Å². The molecule has 0 aromatic rings. The van der Waals surface area contributed by atoms with Crippen LogP contribution in [0.1, 0.15) is 20.8 Å². The number of alkyl halides is 3. The van der Waals surface area contributed by atoms with E-state index in [0.717, 1.165) is 13.1 Å². The number of nitrogens with one attached hydrogen (secondary N) is 2. The number of ether oxygens (including phenoxy) is 1. The average molecular weight is 256 g/mol. The molecular weight excluding hydrogens is 233 g/mol.